The maximum atomic E-state index is 12.9. The molecule has 2 atom stereocenters. The van der Waals surface area contributed by atoms with Crippen LogP contribution in [0.15, 0.2) is 30.3 Å². The van der Waals surface area contributed by atoms with Crippen LogP contribution in [0.1, 0.15) is 45.7 Å². The number of rotatable bonds is 4. The topological polar surface area (TPSA) is 40.6 Å². The first-order valence-electron chi connectivity index (χ1n) is 8.46. The van der Waals surface area contributed by atoms with Crippen molar-refractivity contribution in [2.24, 2.45) is 11.8 Å². The predicted octanol–water partition coefficient (Wildman–Crippen LogP) is 3.10. The number of carbonyl (C=O) groups excluding carboxylic acids is 2. The van der Waals surface area contributed by atoms with E-state index in [2.05, 4.69) is 0 Å². The van der Waals surface area contributed by atoms with Crippen molar-refractivity contribution in [3.63, 3.8) is 0 Å². The van der Waals surface area contributed by atoms with Crippen molar-refractivity contribution in [1.29, 1.82) is 0 Å². The minimum Gasteiger partial charge on any atom is -0.343 e. The van der Waals surface area contributed by atoms with Gasteiger partial charge in [0, 0.05) is 25.6 Å². The molecule has 0 saturated carbocycles. The van der Waals surface area contributed by atoms with Crippen LogP contribution in [0.2, 0.25) is 0 Å². The van der Waals surface area contributed by atoms with Crippen LogP contribution in [0.25, 0.3) is 0 Å². The lowest BCUT2D eigenvalue weighted by atomic mass is 9.91. The molecular weight excluding hydrogens is 288 g/mol. The average Bonchev–Trinajstić information content (AvgIpc) is 2.97. The monoisotopic (exact) mass is 316 g/mol. The molecule has 1 aliphatic heterocycles. The molecule has 0 radical (unpaired) electrons. The van der Waals surface area contributed by atoms with E-state index < -0.39 is 0 Å². The molecule has 0 aliphatic carbocycles. The molecular formula is C19H28N2O2. The van der Waals surface area contributed by atoms with Crippen molar-refractivity contribution in [1.82, 2.24) is 9.80 Å². The average molecular weight is 316 g/mol. The summed E-state index contributed by atoms with van der Waals surface area (Å²) in [5, 5.41) is 0. The lowest BCUT2D eigenvalue weighted by Gasteiger charge is -2.32. The lowest BCUT2D eigenvalue weighted by Crippen LogP contribution is -2.41. The van der Waals surface area contributed by atoms with Crippen LogP contribution in [0, 0.1) is 11.8 Å². The Labute approximate surface area is 139 Å². The molecule has 1 fully saturated rings. The SMILES string of the molecule is CC(C)C(=O)N1CCC(C(=O)N(C)C(C)C)C1c1ccccc1. The van der Waals surface area contributed by atoms with Crippen LogP contribution in [0.3, 0.4) is 0 Å². The second-order valence-corrected chi connectivity index (χ2v) is 6.98. The molecule has 1 aromatic carbocycles. The Balaban J connectivity index is 2.35. The van der Waals surface area contributed by atoms with Crippen LogP contribution < -0.4 is 0 Å². The molecule has 0 spiro atoms. The van der Waals surface area contributed by atoms with Crippen molar-refractivity contribution in [3.05, 3.63) is 35.9 Å². The van der Waals surface area contributed by atoms with E-state index in [1.165, 1.54) is 0 Å². The summed E-state index contributed by atoms with van der Waals surface area (Å²) < 4.78 is 0. The third-order valence-corrected chi connectivity index (χ3v) is 4.76. The molecule has 1 aliphatic rings. The summed E-state index contributed by atoms with van der Waals surface area (Å²) in [6, 6.07) is 9.95. The zero-order valence-electron chi connectivity index (χ0n) is 14.8. The Morgan fingerprint density at radius 2 is 1.74 bits per heavy atom. The fraction of sp³-hybridized carbons (Fsp3) is 0.579. The van der Waals surface area contributed by atoms with Gasteiger partial charge in [0.05, 0.1) is 12.0 Å². The van der Waals surface area contributed by atoms with Crippen LogP contribution in [-0.2, 0) is 9.59 Å². The standard InChI is InChI=1S/C19H28N2O2/c1-13(2)18(22)21-12-11-16(19(23)20(5)14(3)4)17(21)15-9-7-6-8-10-15/h6-10,13-14,16-17H,11-12H2,1-5H3. The first kappa shape index (κ1) is 17.5. The molecule has 0 aromatic heterocycles. The molecule has 4 heteroatoms. The second-order valence-electron chi connectivity index (χ2n) is 6.98. The van der Waals surface area contributed by atoms with Gasteiger partial charge in [-0.2, -0.15) is 0 Å². The fourth-order valence-corrected chi connectivity index (χ4v) is 3.21. The molecule has 1 heterocycles. The summed E-state index contributed by atoms with van der Waals surface area (Å²) in [5.41, 5.74) is 1.05. The van der Waals surface area contributed by atoms with Gasteiger partial charge in [-0.05, 0) is 25.8 Å². The molecule has 2 unspecified atom stereocenters. The molecule has 1 aromatic rings. The van der Waals surface area contributed by atoms with Gasteiger partial charge in [-0.1, -0.05) is 44.2 Å². The fourth-order valence-electron chi connectivity index (χ4n) is 3.21. The summed E-state index contributed by atoms with van der Waals surface area (Å²) in [4.78, 5) is 29.2. The normalized spacial score (nSPS) is 21.1. The number of nitrogens with zero attached hydrogens (tertiary/aromatic N) is 2. The highest BCUT2D eigenvalue weighted by Gasteiger charge is 2.43. The van der Waals surface area contributed by atoms with Gasteiger partial charge < -0.3 is 9.80 Å². The predicted molar refractivity (Wildman–Crippen MR) is 91.7 cm³/mol. The highest BCUT2D eigenvalue weighted by Crippen LogP contribution is 2.39. The van der Waals surface area contributed by atoms with E-state index in [0.717, 1.165) is 12.0 Å². The molecule has 2 rings (SSSR count). The summed E-state index contributed by atoms with van der Waals surface area (Å²) in [6.07, 6.45) is 0.730. The number of hydrogen-bond donors (Lipinski definition) is 0. The van der Waals surface area contributed by atoms with E-state index >= 15 is 0 Å². The van der Waals surface area contributed by atoms with Crippen LogP contribution in [0.4, 0.5) is 0 Å². The maximum Gasteiger partial charge on any atom is 0.228 e. The molecule has 1 saturated heterocycles. The van der Waals surface area contributed by atoms with Gasteiger partial charge in [0.15, 0.2) is 0 Å². The van der Waals surface area contributed by atoms with Crippen molar-refractivity contribution >= 4 is 11.8 Å². The first-order valence-corrected chi connectivity index (χ1v) is 8.46. The van der Waals surface area contributed by atoms with Gasteiger partial charge in [0.1, 0.15) is 0 Å². The molecule has 4 nitrogen and oxygen atoms in total. The second kappa shape index (κ2) is 7.16. The van der Waals surface area contributed by atoms with Gasteiger partial charge in [0.2, 0.25) is 11.8 Å². The van der Waals surface area contributed by atoms with Gasteiger partial charge in [-0.25, -0.2) is 0 Å². The summed E-state index contributed by atoms with van der Waals surface area (Å²) in [7, 11) is 1.85. The van der Waals surface area contributed by atoms with Crippen LogP contribution in [-0.4, -0.2) is 41.2 Å². The third-order valence-electron chi connectivity index (χ3n) is 4.76. The highest BCUT2D eigenvalue weighted by molar-refractivity contribution is 5.84. The van der Waals surface area contributed by atoms with Crippen LogP contribution in [0.5, 0.6) is 0 Å². The van der Waals surface area contributed by atoms with Crippen molar-refractivity contribution in [2.75, 3.05) is 13.6 Å². The summed E-state index contributed by atoms with van der Waals surface area (Å²) in [5.74, 6) is 0.0413. The number of amides is 2. The van der Waals surface area contributed by atoms with E-state index in [0.29, 0.717) is 6.54 Å². The Bertz CT molecular complexity index is 554. The van der Waals surface area contributed by atoms with Gasteiger partial charge in [-0.15, -0.1) is 0 Å². The molecule has 0 bridgehead atoms. The van der Waals surface area contributed by atoms with E-state index in [4.69, 9.17) is 0 Å². The lowest BCUT2D eigenvalue weighted by molar-refractivity contribution is -0.139. The Morgan fingerprint density at radius 1 is 1.13 bits per heavy atom. The molecule has 0 N–H and O–H groups in total. The van der Waals surface area contributed by atoms with Crippen molar-refractivity contribution in [3.8, 4) is 0 Å². The minimum atomic E-state index is -0.160. The van der Waals surface area contributed by atoms with E-state index in [1.54, 1.807) is 4.90 Å². The van der Waals surface area contributed by atoms with E-state index in [9.17, 15) is 9.59 Å². The number of carbonyl (C=O) groups is 2. The zero-order valence-corrected chi connectivity index (χ0v) is 14.8. The highest BCUT2D eigenvalue weighted by atomic mass is 16.2. The summed E-state index contributed by atoms with van der Waals surface area (Å²) >= 11 is 0. The minimum absolute atomic E-state index is 0.0575. The maximum absolute atomic E-state index is 12.9. The molecule has 23 heavy (non-hydrogen) atoms. The first-order chi connectivity index (χ1) is 10.8. The Hall–Kier alpha value is -1.84. The number of likely N-dealkylation sites (tertiary alicyclic amines) is 1. The Kier molecular flexibility index (Phi) is 5.45. The number of benzene rings is 1. The van der Waals surface area contributed by atoms with Crippen LogP contribution >= 0.6 is 0 Å². The van der Waals surface area contributed by atoms with E-state index in [1.807, 2.05) is 70.0 Å². The smallest absolute Gasteiger partial charge is 0.228 e. The largest absolute Gasteiger partial charge is 0.343 e. The quantitative estimate of drug-likeness (QED) is 0.856. The van der Waals surface area contributed by atoms with Gasteiger partial charge >= 0.3 is 0 Å². The molecule has 126 valence electrons. The third kappa shape index (κ3) is 3.57. The van der Waals surface area contributed by atoms with Gasteiger partial charge in [-0.3, -0.25) is 9.59 Å². The Morgan fingerprint density at radius 3 is 2.26 bits per heavy atom. The summed E-state index contributed by atoms with van der Waals surface area (Å²) in [6.45, 7) is 8.52. The molecule has 2 amide bonds. The number of hydrogen-bond acceptors (Lipinski definition) is 2. The van der Waals surface area contributed by atoms with Crippen molar-refractivity contribution in [2.45, 2.75) is 46.2 Å². The zero-order chi connectivity index (χ0) is 17.1. The van der Waals surface area contributed by atoms with Crippen molar-refractivity contribution < 1.29 is 9.59 Å². The van der Waals surface area contributed by atoms with E-state index in [-0.39, 0.29) is 35.7 Å². The van der Waals surface area contributed by atoms with Gasteiger partial charge in [0.25, 0.3) is 0 Å².